The molecule has 0 spiro atoms. The van der Waals surface area contributed by atoms with E-state index in [-0.39, 0.29) is 12.0 Å². The van der Waals surface area contributed by atoms with Gasteiger partial charge in [0.2, 0.25) is 0 Å². The van der Waals surface area contributed by atoms with E-state index in [1.165, 1.54) is 32.1 Å². The monoisotopic (exact) mass is 355 g/mol. The van der Waals surface area contributed by atoms with Gasteiger partial charge in [0.1, 0.15) is 12.4 Å². The van der Waals surface area contributed by atoms with Gasteiger partial charge in [0, 0.05) is 18.2 Å². The van der Waals surface area contributed by atoms with Crippen LogP contribution in [0.3, 0.4) is 0 Å². The van der Waals surface area contributed by atoms with E-state index in [0.717, 1.165) is 48.9 Å². The minimum absolute atomic E-state index is 0.0552. The van der Waals surface area contributed by atoms with E-state index in [1.807, 2.05) is 24.3 Å². The Hall–Kier alpha value is -1.55. The van der Waals surface area contributed by atoms with Gasteiger partial charge in [0.05, 0.1) is 6.10 Å². The van der Waals surface area contributed by atoms with Crippen molar-refractivity contribution in [1.82, 2.24) is 5.32 Å². The van der Waals surface area contributed by atoms with Gasteiger partial charge in [-0.25, -0.2) is 0 Å². The molecule has 5 rings (SSSR count). The lowest BCUT2D eigenvalue weighted by Gasteiger charge is -2.32. The molecular formula is C22H29NO3. The Labute approximate surface area is 155 Å². The maximum atomic E-state index is 12.8. The van der Waals surface area contributed by atoms with E-state index in [1.54, 1.807) is 0 Å². The highest BCUT2D eigenvalue weighted by Crippen LogP contribution is 2.58. The number of carbonyl (C=O) groups is 1. The summed E-state index contributed by atoms with van der Waals surface area (Å²) in [5.41, 5.74) is 0.709. The van der Waals surface area contributed by atoms with Gasteiger partial charge < -0.3 is 14.8 Å². The molecule has 26 heavy (non-hydrogen) atoms. The van der Waals surface area contributed by atoms with Gasteiger partial charge in [-0.3, -0.25) is 4.79 Å². The first-order chi connectivity index (χ1) is 12.8. The van der Waals surface area contributed by atoms with Crippen molar-refractivity contribution in [2.75, 3.05) is 13.2 Å². The number of hydrogen-bond acceptors (Lipinski definition) is 3. The van der Waals surface area contributed by atoms with Gasteiger partial charge >= 0.3 is 0 Å². The zero-order chi connectivity index (χ0) is 17.5. The first-order valence-corrected chi connectivity index (χ1v) is 10.4. The van der Waals surface area contributed by atoms with Crippen LogP contribution in [0.15, 0.2) is 24.3 Å². The van der Waals surface area contributed by atoms with Gasteiger partial charge in [0.15, 0.2) is 0 Å². The standard InChI is InChI=1S/C22H29NO3/c24-22(23-21-12-15-11-20(21)19-8-2-7-18(15)19)14-4-1-5-16(10-14)26-13-17-6-3-9-25-17/h1,4-5,10,15,17-21H,2-3,6-9,11-13H2,(H,23,24)/t15-,17-,18-,19-,20+,21-/m1/s1. The Balaban J connectivity index is 1.20. The van der Waals surface area contributed by atoms with Crippen molar-refractivity contribution >= 4 is 5.91 Å². The summed E-state index contributed by atoms with van der Waals surface area (Å²) < 4.78 is 11.5. The fourth-order valence-electron chi connectivity index (χ4n) is 6.18. The second-order valence-corrected chi connectivity index (χ2v) is 8.71. The maximum Gasteiger partial charge on any atom is 0.251 e. The number of hydrogen-bond donors (Lipinski definition) is 1. The number of carbonyl (C=O) groups excluding carboxylic acids is 1. The molecule has 1 saturated heterocycles. The molecule has 0 aromatic heterocycles. The Morgan fingerprint density at radius 3 is 2.92 bits per heavy atom. The molecule has 3 aliphatic carbocycles. The predicted molar refractivity (Wildman–Crippen MR) is 99.2 cm³/mol. The zero-order valence-corrected chi connectivity index (χ0v) is 15.4. The molecule has 6 atom stereocenters. The van der Waals surface area contributed by atoms with Crippen molar-refractivity contribution in [3.8, 4) is 5.75 Å². The molecule has 0 radical (unpaired) electrons. The van der Waals surface area contributed by atoms with Gasteiger partial charge in [-0.05, 0) is 80.4 Å². The van der Waals surface area contributed by atoms with Crippen LogP contribution in [0.4, 0.5) is 0 Å². The van der Waals surface area contributed by atoms with E-state index in [0.29, 0.717) is 18.2 Å². The lowest BCUT2D eigenvalue weighted by Crippen LogP contribution is -2.42. The van der Waals surface area contributed by atoms with Crippen molar-refractivity contribution in [3.05, 3.63) is 29.8 Å². The largest absolute Gasteiger partial charge is 0.491 e. The number of nitrogens with one attached hydrogen (secondary N) is 1. The van der Waals surface area contributed by atoms with Crippen molar-refractivity contribution in [3.63, 3.8) is 0 Å². The first kappa shape index (κ1) is 16.6. The summed E-state index contributed by atoms with van der Waals surface area (Å²) >= 11 is 0. The molecule has 2 bridgehead atoms. The zero-order valence-electron chi connectivity index (χ0n) is 15.4. The lowest BCUT2D eigenvalue weighted by atomic mass is 9.79. The SMILES string of the molecule is O=C(N[C@@H]1C[C@H]2C[C@H]1[C@@H]1CCC[C@H]21)c1cccc(OC[C@H]2CCCO2)c1. The molecule has 4 aliphatic rings. The Kier molecular flexibility index (Phi) is 4.39. The van der Waals surface area contributed by atoms with Crippen LogP contribution in [0.2, 0.25) is 0 Å². The summed E-state index contributed by atoms with van der Waals surface area (Å²) in [4.78, 5) is 12.8. The summed E-state index contributed by atoms with van der Waals surface area (Å²) in [5.74, 6) is 4.23. The highest BCUT2D eigenvalue weighted by Gasteiger charge is 2.54. The molecule has 4 fully saturated rings. The van der Waals surface area contributed by atoms with Crippen LogP contribution in [-0.4, -0.2) is 31.3 Å². The normalized spacial score (nSPS) is 37.7. The summed E-state index contributed by atoms with van der Waals surface area (Å²) in [6.07, 6.45) is 9.10. The maximum absolute atomic E-state index is 12.8. The van der Waals surface area contributed by atoms with Crippen molar-refractivity contribution in [2.24, 2.45) is 23.7 Å². The van der Waals surface area contributed by atoms with Crippen LogP contribution in [-0.2, 0) is 4.74 Å². The van der Waals surface area contributed by atoms with E-state index in [4.69, 9.17) is 9.47 Å². The molecule has 1 heterocycles. The third-order valence-corrected chi connectivity index (χ3v) is 7.30. The van der Waals surface area contributed by atoms with Crippen LogP contribution in [0.25, 0.3) is 0 Å². The minimum atomic E-state index is 0.0552. The van der Waals surface area contributed by atoms with Crippen LogP contribution in [0, 0.1) is 23.7 Å². The molecule has 4 heteroatoms. The lowest BCUT2D eigenvalue weighted by molar-refractivity contribution is 0.0679. The second kappa shape index (κ2) is 6.88. The Morgan fingerprint density at radius 2 is 2.04 bits per heavy atom. The quantitative estimate of drug-likeness (QED) is 0.874. The van der Waals surface area contributed by atoms with Gasteiger partial charge in [-0.2, -0.15) is 0 Å². The number of benzene rings is 1. The summed E-state index contributed by atoms with van der Waals surface area (Å²) in [7, 11) is 0. The molecule has 1 amide bonds. The Bertz CT molecular complexity index is 669. The average Bonchev–Trinajstić information content (AvgIpc) is 3.42. The summed E-state index contributed by atoms with van der Waals surface area (Å²) in [6.45, 7) is 1.41. The molecule has 0 unspecified atom stereocenters. The molecule has 140 valence electrons. The number of ether oxygens (including phenoxy) is 2. The fourth-order valence-corrected chi connectivity index (χ4v) is 6.18. The average molecular weight is 355 g/mol. The van der Waals surface area contributed by atoms with Crippen LogP contribution < -0.4 is 10.1 Å². The molecule has 3 saturated carbocycles. The fraction of sp³-hybridized carbons (Fsp3) is 0.682. The molecule has 1 aliphatic heterocycles. The second-order valence-electron chi connectivity index (χ2n) is 8.71. The van der Waals surface area contributed by atoms with Gasteiger partial charge in [-0.15, -0.1) is 0 Å². The van der Waals surface area contributed by atoms with E-state index >= 15 is 0 Å². The summed E-state index contributed by atoms with van der Waals surface area (Å²) in [5, 5.41) is 3.34. The predicted octanol–water partition coefficient (Wildman–Crippen LogP) is 3.80. The molecule has 1 N–H and O–H groups in total. The molecule has 4 nitrogen and oxygen atoms in total. The third-order valence-electron chi connectivity index (χ3n) is 7.30. The van der Waals surface area contributed by atoms with E-state index < -0.39 is 0 Å². The van der Waals surface area contributed by atoms with E-state index in [9.17, 15) is 4.79 Å². The highest BCUT2D eigenvalue weighted by molar-refractivity contribution is 5.94. The van der Waals surface area contributed by atoms with Crippen molar-refractivity contribution < 1.29 is 14.3 Å². The third kappa shape index (κ3) is 3.02. The van der Waals surface area contributed by atoms with Gasteiger partial charge in [-0.1, -0.05) is 12.5 Å². The number of amides is 1. The van der Waals surface area contributed by atoms with Crippen LogP contribution in [0.1, 0.15) is 55.3 Å². The van der Waals surface area contributed by atoms with Gasteiger partial charge in [0.25, 0.3) is 5.91 Å². The van der Waals surface area contributed by atoms with Crippen LogP contribution in [0.5, 0.6) is 5.75 Å². The smallest absolute Gasteiger partial charge is 0.251 e. The Morgan fingerprint density at radius 1 is 1.12 bits per heavy atom. The highest BCUT2D eigenvalue weighted by atomic mass is 16.5. The van der Waals surface area contributed by atoms with E-state index in [2.05, 4.69) is 5.32 Å². The molecular weight excluding hydrogens is 326 g/mol. The minimum Gasteiger partial charge on any atom is -0.491 e. The topological polar surface area (TPSA) is 47.6 Å². The summed E-state index contributed by atoms with van der Waals surface area (Å²) in [6, 6.07) is 7.97. The van der Waals surface area contributed by atoms with Crippen molar-refractivity contribution in [2.45, 2.75) is 57.1 Å². The number of fused-ring (bicyclic) bond motifs is 5. The first-order valence-electron chi connectivity index (χ1n) is 10.4. The number of rotatable bonds is 5. The van der Waals surface area contributed by atoms with Crippen molar-refractivity contribution in [1.29, 1.82) is 0 Å². The van der Waals surface area contributed by atoms with Crippen LogP contribution >= 0.6 is 0 Å². The molecule has 1 aromatic carbocycles. The molecule has 1 aromatic rings.